The smallest absolute Gasteiger partial charge is 0.391 e. The number of β-amino-alcohol motifs (C(OH)–C–C–N with tert-alkyl or cyclic N) is 1. The van der Waals surface area contributed by atoms with Gasteiger partial charge in [0.05, 0.1) is 17.6 Å². The van der Waals surface area contributed by atoms with Gasteiger partial charge in [-0.15, -0.1) is 11.8 Å². The van der Waals surface area contributed by atoms with E-state index in [0.717, 1.165) is 0 Å². The number of amides is 1. The zero-order chi connectivity index (χ0) is 12.2. The Morgan fingerprint density at radius 1 is 1.50 bits per heavy atom. The highest BCUT2D eigenvalue weighted by molar-refractivity contribution is 8.00. The molecule has 1 fully saturated rings. The number of aliphatic hydroxyl groups excluding tert-OH is 1. The number of rotatable bonds is 3. The molecule has 0 aliphatic carbocycles. The van der Waals surface area contributed by atoms with Crippen LogP contribution in [-0.4, -0.2) is 52.8 Å². The zero-order valence-corrected chi connectivity index (χ0v) is 9.48. The molecular formula is C9H14F3NO2S. The molecule has 1 saturated heterocycles. The van der Waals surface area contributed by atoms with Crippen molar-refractivity contribution in [3.63, 3.8) is 0 Å². The van der Waals surface area contributed by atoms with Crippen molar-refractivity contribution < 1.29 is 23.1 Å². The number of hydrogen-bond acceptors (Lipinski definition) is 3. The average molecular weight is 257 g/mol. The van der Waals surface area contributed by atoms with Crippen LogP contribution in [0.5, 0.6) is 0 Å². The summed E-state index contributed by atoms with van der Waals surface area (Å²) in [4.78, 5) is 12.9. The molecule has 0 aromatic heterocycles. The van der Waals surface area contributed by atoms with Crippen LogP contribution >= 0.6 is 11.8 Å². The number of thioether (sulfide) groups is 1. The summed E-state index contributed by atoms with van der Waals surface area (Å²) >= 11 is 0.565. The lowest BCUT2D eigenvalue weighted by molar-refractivity contribution is -0.131. The van der Waals surface area contributed by atoms with Gasteiger partial charge < -0.3 is 10.0 Å². The molecule has 1 unspecified atom stereocenters. The second-order valence-corrected chi connectivity index (χ2v) is 4.73. The maximum absolute atomic E-state index is 11.8. The van der Waals surface area contributed by atoms with Crippen LogP contribution in [0.15, 0.2) is 0 Å². The Morgan fingerprint density at radius 2 is 2.19 bits per heavy atom. The van der Waals surface area contributed by atoms with E-state index in [-0.39, 0.29) is 18.2 Å². The minimum atomic E-state index is -4.23. The molecule has 3 nitrogen and oxygen atoms in total. The molecule has 0 spiro atoms. The monoisotopic (exact) mass is 257 g/mol. The van der Waals surface area contributed by atoms with Crippen LogP contribution in [0, 0.1) is 0 Å². The Kier molecular flexibility index (Phi) is 4.91. The van der Waals surface area contributed by atoms with Crippen LogP contribution in [0.3, 0.4) is 0 Å². The van der Waals surface area contributed by atoms with Gasteiger partial charge in [0.2, 0.25) is 5.91 Å². The van der Waals surface area contributed by atoms with E-state index < -0.39 is 18.0 Å². The van der Waals surface area contributed by atoms with Crippen molar-refractivity contribution in [2.45, 2.75) is 25.1 Å². The van der Waals surface area contributed by atoms with Gasteiger partial charge in [0.25, 0.3) is 0 Å². The van der Waals surface area contributed by atoms with Crippen LogP contribution < -0.4 is 0 Å². The van der Waals surface area contributed by atoms with Crippen molar-refractivity contribution in [3.05, 3.63) is 0 Å². The fourth-order valence-electron chi connectivity index (χ4n) is 1.53. The topological polar surface area (TPSA) is 40.5 Å². The Hall–Kier alpha value is -0.430. The van der Waals surface area contributed by atoms with Gasteiger partial charge >= 0.3 is 6.18 Å². The van der Waals surface area contributed by atoms with E-state index in [2.05, 4.69) is 0 Å². The minimum Gasteiger partial charge on any atom is -0.391 e. The van der Waals surface area contributed by atoms with E-state index in [1.165, 1.54) is 4.90 Å². The highest BCUT2D eigenvalue weighted by Gasteiger charge is 2.28. The van der Waals surface area contributed by atoms with Gasteiger partial charge in [-0.1, -0.05) is 0 Å². The van der Waals surface area contributed by atoms with Gasteiger partial charge in [0.15, 0.2) is 0 Å². The fraction of sp³-hybridized carbons (Fsp3) is 0.889. The molecule has 0 radical (unpaired) electrons. The maximum atomic E-state index is 11.8. The first-order valence-corrected chi connectivity index (χ1v) is 6.14. The first kappa shape index (κ1) is 13.6. The summed E-state index contributed by atoms with van der Waals surface area (Å²) in [5.74, 6) is -1.51. The van der Waals surface area contributed by atoms with Gasteiger partial charge in [-0.3, -0.25) is 4.79 Å². The van der Waals surface area contributed by atoms with Gasteiger partial charge in [0.1, 0.15) is 0 Å². The average Bonchev–Trinajstić information content (AvgIpc) is 2.15. The van der Waals surface area contributed by atoms with Crippen molar-refractivity contribution in [1.29, 1.82) is 0 Å². The summed E-state index contributed by atoms with van der Waals surface area (Å²) < 4.78 is 35.5. The number of carbonyl (C=O) groups excluding carboxylic acids is 1. The number of alkyl halides is 3. The largest absolute Gasteiger partial charge is 0.397 e. The van der Waals surface area contributed by atoms with Gasteiger partial charge in [0, 0.05) is 13.1 Å². The van der Waals surface area contributed by atoms with E-state index in [1.54, 1.807) is 0 Å². The molecule has 0 saturated carbocycles. The van der Waals surface area contributed by atoms with Crippen molar-refractivity contribution in [2.24, 2.45) is 0 Å². The molecule has 0 aromatic carbocycles. The quantitative estimate of drug-likeness (QED) is 0.827. The second-order valence-electron chi connectivity index (χ2n) is 3.74. The summed E-state index contributed by atoms with van der Waals surface area (Å²) in [5.41, 5.74) is 0. The molecule has 1 aliphatic rings. The first-order chi connectivity index (χ1) is 7.38. The number of carbonyl (C=O) groups is 1. The summed E-state index contributed by atoms with van der Waals surface area (Å²) in [6.45, 7) is 0.772. The Balaban J connectivity index is 2.24. The van der Waals surface area contributed by atoms with E-state index in [1.807, 2.05) is 0 Å². The minimum absolute atomic E-state index is 0.174. The lowest BCUT2D eigenvalue weighted by atomic mass is 10.1. The van der Waals surface area contributed by atoms with Crippen LogP contribution in [0.2, 0.25) is 0 Å². The molecule has 7 heteroatoms. The molecule has 0 aromatic rings. The zero-order valence-electron chi connectivity index (χ0n) is 8.66. The Morgan fingerprint density at radius 3 is 2.75 bits per heavy atom. The van der Waals surface area contributed by atoms with E-state index in [9.17, 15) is 23.1 Å². The van der Waals surface area contributed by atoms with E-state index in [0.29, 0.717) is 31.1 Å². The normalized spacial score (nSPS) is 22.2. The number of halogens is 3. The van der Waals surface area contributed by atoms with Crippen LogP contribution in [0.1, 0.15) is 12.8 Å². The van der Waals surface area contributed by atoms with E-state index in [4.69, 9.17) is 0 Å². The Labute approximate surface area is 96.0 Å². The highest BCUT2D eigenvalue weighted by Crippen LogP contribution is 2.21. The van der Waals surface area contributed by atoms with Crippen molar-refractivity contribution in [1.82, 2.24) is 4.90 Å². The van der Waals surface area contributed by atoms with Crippen molar-refractivity contribution in [3.8, 4) is 0 Å². The molecule has 1 N–H and O–H groups in total. The summed E-state index contributed by atoms with van der Waals surface area (Å²) in [6.07, 6.45) is -3.41. The van der Waals surface area contributed by atoms with Crippen LogP contribution in [0.25, 0.3) is 0 Å². The number of hydrogen-bond donors (Lipinski definition) is 1. The van der Waals surface area contributed by atoms with Gasteiger partial charge in [-0.2, -0.15) is 13.2 Å². The predicted octanol–water partition coefficient (Wildman–Crippen LogP) is 1.27. The third kappa shape index (κ3) is 5.07. The standard InChI is InChI=1S/C9H14F3NO2S/c10-9(11,12)6-16-5-8(15)13-3-1-2-7(14)4-13/h7,14H,1-6H2. The highest BCUT2D eigenvalue weighted by atomic mass is 32.2. The fourth-order valence-corrected chi connectivity index (χ4v) is 2.22. The van der Waals surface area contributed by atoms with Crippen LogP contribution in [0.4, 0.5) is 13.2 Å². The molecule has 1 rings (SSSR count). The summed E-state index contributed by atoms with van der Waals surface area (Å²) in [7, 11) is 0. The lowest BCUT2D eigenvalue weighted by Gasteiger charge is -2.30. The molecular weight excluding hydrogens is 243 g/mol. The first-order valence-electron chi connectivity index (χ1n) is 4.99. The molecule has 16 heavy (non-hydrogen) atoms. The molecule has 94 valence electrons. The summed E-state index contributed by atoms with van der Waals surface area (Å²) in [5, 5.41) is 9.30. The molecule has 0 bridgehead atoms. The third-order valence-electron chi connectivity index (χ3n) is 2.24. The SMILES string of the molecule is O=C(CSCC(F)(F)F)N1CCCC(O)C1. The Bertz CT molecular complexity index is 247. The molecule has 1 heterocycles. The lowest BCUT2D eigenvalue weighted by Crippen LogP contribution is -2.43. The molecule has 1 amide bonds. The van der Waals surface area contributed by atoms with E-state index >= 15 is 0 Å². The summed E-state index contributed by atoms with van der Waals surface area (Å²) in [6, 6.07) is 0. The van der Waals surface area contributed by atoms with Crippen molar-refractivity contribution in [2.75, 3.05) is 24.6 Å². The maximum Gasteiger partial charge on any atom is 0.397 e. The number of likely N-dealkylation sites (tertiary alicyclic amines) is 1. The molecule has 1 aliphatic heterocycles. The number of piperidine rings is 1. The van der Waals surface area contributed by atoms with Gasteiger partial charge in [-0.05, 0) is 12.8 Å². The third-order valence-corrected chi connectivity index (χ3v) is 3.22. The van der Waals surface area contributed by atoms with Crippen LogP contribution in [-0.2, 0) is 4.79 Å². The number of aliphatic hydroxyl groups is 1. The number of nitrogens with zero attached hydrogens (tertiary/aromatic N) is 1. The predicted molar refractivity (Wildman–Crippen MR) is 55.2 cm³/mol. The van der Waals surface area contributed by atoms with Crippen molar-refractivity contribution >= 4 is 17.7 Å². The second kappa shape index (κ2) is 5.77. The molecule has 1 atom stereocenters. The van der Waals surface area contributed by atoms with Gasteiger partial charge in [-0.25, -0.2) is 0 Å².